The maximum absolute atomic E-state index is 11.4. The summed E-state index contributed by atoms with van der Waals surface area (Å²) in [6.45, 7) is 7.03. The number of hydrogen-bond donors (Lipinski definition) is 2. The molecule has 0 radical (unpaired) electrons. The zero-order chi connectivity index (χ0) is 12.7. The molecule has 2 aliphatic rings. The Morgan fingerprint density at radius 3 is 2.35 bits per heavy atom. The van der Waals surface area contributed by atoms with Crippen LogP contribution in [0.3, 0.4) is 0 Å². The van der Waals surface area contributed by atoms with E-state index in [0.717, 1.165) is 38.8 Å². The summed E-state index contributed by atoms with van der Waals surface area (Å²) in [5.41, 5.74) is 5.49. The Kier molecular flexibility index (Phi) is 3.21. The van der Waals surface area contributed by atoms with Crippen molar-refractivity contribution in [1.82, 2.24) is 4.90 Å². The Morgan fingerprint density at radius 2 is 1.94 bits per heavy atom. The van der Waals surface area contributed by atoms with Gasteiger partial charge in [-0.2, -0.15) is 0 Å². The van der Waals surface area contributed by atoms with Crippen LogP contribution in [-0.2, 0) is 4.79 Å². The number of aliphatic carboxylic acids is 1. The van der Waals surface area contributed by atoms with Crippen molar-refractivity contribution >= 4 is 5.97 Å². The molecular formula is C13H24N2O2. The number of hydrogen-bond acceptors (Lipinski definition) is 3. The predicted octanol–water partition coefficient (Wildman–Crippen LogP) is 1.30. The van der Waals surface area contributed by atoms with Crippen molar-refractivity contribution < 1.29 is 9.90 Å². The number of nitrogens with zero attached hydrogens (tertiary/aromatic N) is 1. The van der Waals surface area contributed by atoms with Gasteiger partial charge in [0.25, 0.3) is 0 Å². The van der Waals surface area contributed by atoms with E-state index in [4.69, 9.17) is 5.73 Å². The summed E-state index contributed by atoms with van der Waals surface area (Å²) < 4.78 is 0. The average molecular weight is 240 g/mol. The summed E-state index contributed by atoms with van der Waals surface area (Å²) in [6, 6.07) is 0. The molecule has 4 heteroatoms. The van der Waals surface area contributed by atoms with E-state index in [0.29, 0.717) is 12.0 Å². The van der Waals surface area contributed by atoms with Crippen molar-refractivity contribution in [2.24, 2.45) is 17.1 Å². The maximum Gasteiger partial charge on any atom is 0.325 e. The number of carbonyl (C=O) groups is 1. The van der Waals surface area contributed by atoms with Crippen LogP contribution in [0.1, 0.15) is 39.5 Å². The highest BCUT2D eigenvalue weighted by atomic mass is 16.4. The van der Waals surface area contributed by atoms with Crippen LogP contribution >= 0.6 is 0 Å². The summed E-state index contributed by atoms with van der Waals surface area (Å²) in [6.07, 6.45) is 4.21. The summed E-state index contributed by atoms with van der Waals surface area (Å²) >= 11 is 0. The van der Waals surface area contributed by atoms with Crippen LogP contribution in [0.25, 0.3) is 0 Å². The molecule has 1 heterocycles. The van der Waals surface area contributed by atoms with Gasteiger partial charge >= 0.3 is 5.97 Å². The summed E-state index contributed by atoms with van der Waals surface area (Å²) in [4.78, 5) is 13.6. The third kappa shape index (κ3) is 2.80. The zero-order valence-corrected chi connectivity index (χ0v) is 10.9. The molecule has 1 saturated carbocycles. The molecule has 2 rings (SSSR count). The van der Waals surface area contributed by atoms with Crippen molar-refractivity contribution in [3.63, 3.8) is 0 Å². The molecule has 4 nitrogen and oxygen atoms in total. The summed E-state index contributed by atoms with van der Waals surface area (Å²) in [5.74, 6) is -0.639. The quantitative estimate of drug-likeness (QED) is 0.777. The highest BCUT2D eigenvalue weighted by molar-refractivity contribution is 5.79. The van der Waals surface area contributed by atoms with Gasteiger partial charge in [-0.05, 0) is 50.1 Å². The Labute approximate surface area is 103 Å². The molecule has 3 N–H and O–H groups in total. The first kappa shape index (κ1) is 12.8. The van der Waals surface area contributed by atoms with Gasteiger partial charge in [-0.1, -0.05) is 13.8 Å². The van der Waals surface area contributed by atoms with E-state index < -0.39 is 11.5 Å². The van der Waals surface area contributed by atoms with Crippen LogP contribution in [0.5, 0.6) is 0 Å². The molecule has 0 bridgehead atoms. The third-order valence-corrected chi connectivity index (χ3v) is 4.40. The van der Waals surface area contributed by atoms with Gasteiger partial charge in [0, 0.05) is 6.54 Å². The third-order valence-electron chi connectivity index (χ3n) is 4.40. The van der Waals surface area contributed by atoms with Crippen LogP contribution in [0, 0.1) is 11.3 Å². The standard InChI is InChI=1S/C13H24N2O2/c1-12(2)5-7-15(8-6-12)9-13(14,11(16)17)10-3-4-10/h10H,3-9,14H2,1-2H3,(H,16,17). The minimum atomic E-state index is -1.01. The van der Waals surface area contributed by atoms with Crippen LogP contribution in [-0.4, -0.2) is 41.1 Å². The van der Waals surface area contributed by atoms with E-state index >= 15 is 0 Å². The smallest absolute Gasteiger partial charge is 0.325 e. The largest absolute Gasteiger partial charge is 0.480 e. The molecule has 1 unspecified atom stereocenters. The molecular weight excluding hydrogens is 216 g/mol. The van der Waals surface area contributed by atoms with Crippen molar-refractivity contribution in [3.8, 4) is 0 Å². The monoisotopic (exact) mass is 240 g/mol. The molecule has 1 atom stereocenters. The zero-order valence-electron chi connectivity index (χ0n) is 10.9. The van der Waals surface area contributed by atoms with Crippen LogP contribution in [0.4, 0.5) is 0 Å². The molecule has 17 heavy (non-hydrogen) atoms. The number of piperidine rings is 1. The summed E-state index contributed by atoms with van der Waals surface area (Å²) in [5, 5.41) is 9.32. The van der Waals surface area contributed by atoms with Crippen molar-refractivity contribution in [2.45, 2.75) is 45.1 Å². The van der Waals surface area contributed by atoms with Gasteiger partial charge in [0.15, 0.2) is 0 Å². The van der Waals surface area contributed by atoms with Crippen molar-refractivity contribution in [1.29, 1.82) is 0 Å². The van der Waals surface area contributed by atoms with Crippen LogP contribution < -0.4 is 5.73 Å². The molecule has 1 saturated heterocycles. The van der Waals surface area contributed by atoms with Gasteiger partial charge in [-0.3, -0.25) is 4.79 Å². The van der Waals surface area contributed by atoms with Gasteiger partial charge in [0.2, 0.25) is 0 Å². The number of carboxylic acids is 1. The molecule has 0 aromatic heterocycles. The molecule has 1 aliphatic heterocycles. The number of rotatable bonds is 4. The Hall–Kier alpha value is -0.610. The van der Waals surface area contributed by atoms with Crippen molar-refractivity contribution in [2.75, 3.05) is 19.6 Å². The highest BCUT2D eigenvalue weighted by Gasteiger charge is 2.49. The van der Waals surface area contributed by atoms with Crippen LogP contribution in [0.2, 0.25) is 0 Å². The van der Waals surface area contributed by atoms with E-state index in [1.807, 2.05) is 0 Å². The molecule has 0 aromatic rings. The highest BCUT2D eigenvalue weighted by Crippen LogP contribution is 2.40. The molecule has 2 fully saturated rings. The Morgan fingerprint density at radius 1 is 1.41 bits per heavy atom. The first-order valence-corrected chi connectivity index (χ1v) is 6.58. The lowest BCUT2D eigenvalue weighted by molar-refractivity contribution is -0.145. The lowest BCUT2D eigenvalue weighted by Gasteiger charge is -2.40. The fraction of sp³-hybridized carbons (Fsp3) is 0.923. The fourth-order valence-corrected chi connectivity index (χ4v) is 2.66. The molecule has 98 valence electrons. The Bertz CT molecular complexity index is 303. The number of nitrogens with two attached hydrogens (primary N) is 1. The second-order valence-electron chi connectivity index (χ2n) is 6.56. The minimum absolute atomic E-state index is 0.190. The van der Waals surface area contributed by atoms with E-state index in [2.05, 4.69) is 18.7 Å². The van der Waals surface area contributed by atoms with Crippen LogP contribution in [0.15, 0.2) is 0 Å². The second kappa shape index (κ2) is 4.25. The average Bonchev–Trinajstić information content (AvgIpc) is 3.04. The van der Waals surface area contributed by atoms with Crippen molar-refractivity contribution in [3.05, 3.63) is 0 Å². The van der Waals surface area contributed by atoms with Gasteiger partial charge < -0.3 is 15.7 Å². The van der Waals surface area contributed by atoms with E-state index in [1.165, 1.54) is 0 Å². The van der Waals surface area contributed by atoms with Gasteiger partial charge in [-0.15, -0.1) is 0 Å². The topological polar surface area (TPSA) is 66.6 Å². The fourth-order valence-electron chi connectivity index (χ4n) is 2.66. The second-order valence-corrected chi connectivity index (χ2v) is 6.56. The van der Waals surface area contributed by atoms with E-state index in [-0.39, 0.29) is 5.92 Å². The molecule has 0 aromatic carbocycles. The first-order chi connectivity index (χ1) is 7.83. The van der Waals surface area contributed by atoms with E-state index in [1.54, 1.807) is 0 Å². The van der Waals surface area contributed by atoms with Gasteiger partial charge in [-0.25, -0.2) is 0 Å². The molecule has 1 aliphatic carbocycles. The lowest BCUT2D eigenvalue weighted by atomic mass is 9.82. The maximum atomic E-state index is 11.4. The normalized spacial score (nSPS) is 28.6. The number of carboxylic acid groups (broad SMARTS) is 1. The molecule has 0 amide bonds. The predicted molar refractivity (Wildman–Crippen MR) is 66.7 cm³/mol. The SMILES string of the molecule is CC1(C)CCN(CC(N)(C(=O)O)C2CC2)CC1. The summed E-state index contributed by atoms with van der Waals surface area (Å²) in [7, 11) is 0. The Balaban J connectivity index is 1.94. The molecule has 0 spiro atoms. The minimum Gasteiger partial charge on any atom is -0.480 e. The van der Waals surface area contributed by atoms with Gasteiger partial charge in [0.1, 0.15) is 5.54 Å². The number of likely N-dealkylation sites (tertiary alicyclic amines) is 1. The first-order valence-electron chi connectivity index (χ1n) is 6.58. The van der Waals surface area contributed by atoms with Gasteiger partial charge in [0.05, 0.1) is 0 Å². The lowest BCUT2D eigenvalue weighted by Crippen LogP contribution is -2.59. The van der Waals surface area contributed by atoms with E-state index in [9.17, 15) is 9.90 Å².